The van der Waals surface area contributed by atoms with E-state index >= 15 is 0 Å². The Labute approximate surface area is 92.1 Å². The number of carbonyl (C=O) groups excluding carboxylic acids is 1. The van der Waals surface area contributed by atoms with Gasteiger partial charge in [-0.15, -0.1) is 0 Å². The van der Waals surface area contributed by atoms with E-state index in [1.807, 2.05) is 6.92 Å². The molecule has 88 valence electrons. The zero-order chi connectivity index (χ0) is 11.5. The van der Waals surface area contributed by atoms with E-state index in [4.69, 9.17) is 9.47 Å². The van der Waals surface area contributed by atoms with Crippen LogP contribution in [0.3, 0.4) is 0 Å². The molecule has 1 saturated heterocycles. The maximum atomic E-state index is 11.5. The summed E-state index contributed by atoms with van der Waals surface area (Å²) in [5, 5.41) is 0. The van der Waals surface area contributed by atoms with Crippen molar-refractivity contribution in [3.05, 3.63) is 0 Å². The van der Waals surface area contributed by atoms with Gasteiger partial charge >= 0.3 is 5.97 Å². The van der Waals surface area contributed by atoms with Crippen LogP contribution in [0, 0.1) is 5.92 Å². The van der Waals surface area contributed by atoms with Gasteiger partial charge in [0.2, 0.25) is 0 Å². The molecule has 0 aromatic rings. The summed E-state index contributed by atoms with van der Waals surface area (Å²) in [6, 6.07) is 0. The molecule has 3 nitrogen and oxygen atoms in total. The molecule has 0 aromatic carbocycles. The first-order valence-corrected chi connectivity index (χ1v) is 5.86. The third kappa shape index (κ3) is 2.51. The number of hydrogen-bond acceptors (Lipinski definition) is 3. The van der Waals surface area contributed by atoms with Crippen molar-refractivity contribution in [1.82, 2.24) is 0 Å². The summed E-state index contributed by atoms with van der Waals surface area (Å²) < 4.78 is 10.3. The minimum Gasteiger partial charge on any atom is -0.467 e. The van der Waals surface area contributed by atoms with Crippen LogP contribution in [0.25, 0.3) is 0 Å². The minimum atomic E-state index is -0.664. The van der Waals surface area contributed by atoms with Crippen molar-refractivity contribution in [1.29, 1.82) is 0 Å². The van der Waals surface area contributed by atoms with Gasteiger partial charge < -0.3 is 9.47 Å². The molecular weight excluding hydrogens is 192 g/mol. The first-order valence-electron chi connectivity index (χ1n) is 5.86. The fraction of sp³-hybridized carbons (Fsp3) is 0.917. The molecule has 3 unspecified atom stereocenters. The van der Waals surface area contributed by atoms with Crippen LogP contribution in [-0.4, -0.2) is 24.8 Å². The molecule has 1 aliphatic heterocycles. The maximum Gasteiger partial charge on any atom is 0.340 e. The van der Waals surface area contributed by atoms with Gasteiger partial charge in [0, 0.05) is 0 Å². The fourth-order valence-electron chi connectivity index (χ4n) is 2.18. The quantitative estimate of drug-likeness (QED) is 0.504. The van der Waals surface area contributed by atoms with Gasteiger partial charge in [-0.05, 0) is 19.3 Å². The van der Waals surface area contributed by atoms with Gasteiger partial charge in [-0.2, -0.15) is 0 Å². The molecule has 0 N–H and O–H groups in total. The number of rotatable bonds is 6. The van der Waals surface area contributed by atoms with Crippen LogP contribution in [0.1, 0.15) is 46.5 Å². The van der Waals surface area contributed by atoms with E-state index in [0.29, 0.717) is 5.92 Å². The molecule has 0 spiro atoms. The Balaban J connectivity index is 2.48. The molecule has 1 fully saturated rings. The summed E-state index contributed by atoms with van der Waals surface area (Å²) in [7, 11) is 1.42. The second-order valence-corrected chi connectivity index (χ2v) is 4.45. The third-order valence-electron chi connectivity index (χ3n) is 3.33. The minimum absolute atomic E-state index is 0.0708. The SMILES string of the molecule is CCCCC(CC)C1OC1(C)C(=O)OC. The predicted octanol–water partition coefficient (Wildman–Crippen LogP) is 2.53. The molecule has 1 aliphatic rings. The van der Waals surface area contributed by atoms with Crippen molar-refractivity contribution in [2.75, 3.05) is 7.11 Å². The summed E-state index contributed by atoms with van der Waals surface area (Å²) in [5.74, 6) is 0.261. The average molecular weight is 214 g/mol. The summed E-state index contributed by atoms with van der Waals surface area (Å²) in [6.45, 7) is 6.16. The zero-order valence-electron chi connectivity index (χ0n) is 10.2. The molecule has 0 aliphatic carbocycles. The highest BCUT2D eigenvalue weighted by atomic mass is 16.7. The van der Waals surface area contributed by atoms with Gasteiger partial charge in [-0.25, -0.2) is 4.79 Å². The van der Waals surface area contributed by atoms with Crippen molar-refractivity contribution < 1.29 is 14.3 Å². The molecular formula is C12H22O3. The number of esters is 1. The zero-order valence-corrected chi connectivity index (χ0v) is 10.2. The van der Waals surface area contributed by atoms with Crippen LogP contribution in [0.5, 0.6) is 0 Å². The number of epoxide rings is 1. The highest BCUT2D eigenvalue weighted by molar-refractivity contribution is 5.82. The van der Waals surface area contributed by atoms with Crippen LogP contribution in [0.4, 0.5) is 0 Å². The van der Waals surface area contributed by atoms with Crippen molar-refractivity contribution in [2.45, 2.75) is 58.2 Å². The lowest BCUT2D eigenvalue weighted by molar-refractivity contribution is -0.146. The molecule has 0 saturated carbocycles. The van der Waals surface area contributed by atoms with Gasteiger partial charge in [0.05, 0.1) is 7.11 Å². The molecule has 0 amide bonds. The highest BCUT2D eigenvalue weighted by Gasteiger charge is 2.61. The lowest BCUT2D eigenvalue weighted by atomic mass is 9.89. The number of hydrogen-bond donors (Lipinski definition) is 0. The van der Waals surface area contributed by atoms with Crippen molar-refractivity contribution in [2.24, 2.45) is 5.92 Å². The van der Waals surface area contributed by atoms with Gasteiger partial charge in [0.25, 0.3) is 0 Å². The first kappa shape index (κ1) is 12.5. The monoisotopic (exact) mass is 214 g/mol. The van der Waals surface area contributed by atoms with Gasteiger partial charge in [-0.3, -0.25) is 0 Å². The van der Waals surface area contributed by atoms with Crippen LogP contribution in [0.2, 0.25) is 0 Å². The normalized spacial score (nSPS) is 31.1. The summed E-state index contributed by atoms with van der Waals surface area (Å²) in [6.07, 6.45) is 4.68. The summed E-state index contributed by atoms with van der Waals surface area (Å²) in [5.41, 5.74) is -0.664. The van der Waals surface area contributed by atoms with E-state index in [9.17, 15) is 4.79 Å². The second kappa shape index (κ2) is 4.97. The molecule has 3 heteroatoms. The third-order valence-corrected chi connectivity index (χ3v) is 3.33. The van der Waals surface area contributed by atoms with E-state index in [2.05, 4.69) is 13.8 Å². The first-order chi connectivity index (χ1) is 7.10. The van der Waals surface area contributed by atoms with Gasteiger partial charge in [-0.1, -0.05) is 33.1 Å². The highest BCUT2D eigenvalue weighted by Crippen LogP contribution is 2.44. The predicted molar refractivity (Wildman–Crippen MR) is 58.6 cm³/mol. The molecule has 1 heterocycles. The fourth-order valence-corrected chi connectivity index (χ4v) is 2.18. The van der Waals surface area contributed by atoms with E-state index in [-0.39, 0.29) is 12.1 Å². The maximum absolute atomic E-state index is 11.5. The molecule has 0 radical (unpaired) electrons. The van der Waals surface area contributed by atoms with Crippen molar-refractivity contribution in [3.63, 3.8) is 0 Å². The standard InChI is InChI=1S/C12H22O3/c1-5-7-8-9(6-2)10-12(3,15-10)11(13)14-4/h9-10H,5-8H2,1-4H3. The Morgan fingerprint density at radius 2 is 2.20 bits per heavy atom. The van der Waals surface area contributed by atoms with Crippen LogP contribution in [0.15, 0.2) is 0 Å². The van der Waals surface area contributed by atoms with E-state index in [0.717, 1.165) is 12.8 Å². The number of carbonyl (C=O) groups is 1. The average Bonchev–Trinajstić information content (AvgIpc) is 2.92. The lowest BCUT2D eigenvalue weighted by Gasteiger charge is -2.12. The van der Waals surface area contributed by atoms with Crippen LogP contribution in [-0.2, 0) is 14.3 Å². The van der Waals surface area contributed by atoms with Crippen molar-refractivity contribution >= 4 is 5.97 Å². The topological polar surface area (TPSA) is 38.8 Å². The van der Waals surface area contributed by atoms with Gasteiger partial charge in [0.15, 0.2) is 5.60 Å². The molecule has 0 bridgehead atoms. The van der Waals surface area contributed by atoms with Gasteiger partial charge in [0.1, 0.15) is 6.10 Å². The number of methoxy groups -OCH3 is 1. The van der Waals surface area contributed by atoms with E-state index < -0.39 is 5.60 Å². The Bertz CT molecular complexity index is 227. The van der Waals surface area contributed by atoms with Crippen LogP contribution < -0.4 is 0 Å². The molecule has 1 rings (SSSR count). The lowest BCUT2D eigenvalue weighted by Crippen LogP contribution is -2.28. The number of ether oxygens (including phenoxy) is 2. The number of unbranched alkanes of at least 4 members (excludes halogenated alkanes) is 1. The van der Waals surface area contributed by atoms with Crippen molar-refractivity contribution in [3.8, 4) is 0 Å². The molecule has 0 aromatic heterocycles. The molecule has 15 heavy (non-hydrogen) atoms. The van der Waals surface area contributed by atoms with Crippen LogP contribution >= 0.6 is 0 Å². The van der Waals surface area contributed by atoms with E-state index in [1.165, 1.54) is 20.0 Å². The Morgan fingerprint density at radius 1 is 1.53 bits per heavy atom. The largest absolute Gasteiger partial charge is 0.467 e. The smallest absolute Gasteiger partial charge is 0.340 e. The summed E-state index contributed by atoms with van der Waals surface area (Å²) in [4.78, 5) is 11.5. The Hall–Kier alpha value is -0.570. The summed E-state index contributed by atoms with van der Waals surface area (Å²) >= 11 is 0. The second-order valence-electron chi connectivity index (χ2n) is 4.45. The molecule has 3 atom stereocenters. The van der Waals surface area contributed by atoms with E-state index in [1.54, 1.807) is 0 Å². The Morgan fingerprint density at radius 3 is 2.67 bits per heavy atom. The Kier molecular flexibility index (Phi) is 4.14.